The van der Waals surface area contributed by atoms with Crippen molar-refractivity contribution in [3.8, 4) is 5.75 Å². The van der Waals surface area contributed by atoms with E-state index >= 15 is 0 Å². The van der Waals surface area contributed by atoms with E-state index in [4.69, 9.17) is 29.2 Å². The molecule has 0 atom stereocenters. The molecule has 292 valence electrons. The number of anilines is 4. The van der Waals surface area contributed by atoms with Gasteiger partial charge in [0.1, 0.15) is 5.75 Å². The quantitative estimate of drug-likeness (QED) is 0.0249. The Morgan fingerprint density at radius 3 is 1.87 bits per heavy atom. The molecule has 0 unspecified atom stereocenters. The van der Waals surface area contributed by atoms with Gasteiger partial charge in [-0.3, -0.25) is 9.59 Å². The number of carbonyl (C=O) groups is 2. The van der Waals surface area contributed by atoms with Crippen LogP contribution in [0, 0.1) is 0 Å². The first-order chi connectivity index (χ1) is 27.0. The Labute approximate surface area is 319 Å². The van der Waals surface area contributed by atoms with Crippen molar-refractivity contribution in [2.75, 3.05) is 102 Å². The Morgan fingerprint density at radius 2 is 1.24 bits per heavy atom. The van der Waals surface area contributed by atoms with Crippen molar-refractivity contribution >= 4 is 35.3 Å². The van der Waals surface area contributed by atoms with Gasteiger partial charge in [0, 0.05) is 54.4 Å². The molecule has 2 amide bonds. The van der Waals surface area contributed by atoms with E-state index in [0.717, 1.165) is 11.3 Å². The lowest BCUT2D eigenvalue weighted by atomic mass is 10.2. The first-order valence-corrected chi connectivity index (χ1v) is 17.7. The Hall–Kier alpha value is -6.04. The normalized spacial score (nSPS) is 10.6. The first-order valence-electron chi connectivity index (χ1n) is 17.7. The van der Waals surface area contributed by atoms with Crippen LogP contribution in [0.5, 0.6) is 5.75 Å². The third kappa shape index (κ3) is 16.7. The highest BCUT2D eigenvalue weighted by Gasteiger charge is 2.10. The molecule has 4 aromatic rings. The number of hydrogen-bond donors (Lipinski definition) is 5. The van der Waals surface area contributed by atoms with Crippen LogP contribution in [-0.4, -0.2) is 113 Å². The minimum atomic E-state index is -0.238. The fraction of sp³-hybridized carbons (Fsp3) is 0.378. The van der Waals surface area contributed by atoms with E-state index in [2.05, 4.69) is 51.6 Å². The summed E-state index contributed by atoms with van der Waals surface area (Å²) in [5.41, 5.74) is 11.0. The van der Waals surface area contributed by atoms with Crippen LogP contribution >= 0.6 is 0 Å². The van der Waals surface area contributed by atoms with E-state index < -0.39 is 0 Å². The molecule has 3 aromatic carbocycles. The van der Waals surface area contributed by atoms with Gasteiger partial charge in [-0.2, -0.15) is 15.0 Å². The van der Waals surface area contributed by atoms with Gasteiger partial charge in [-0.25, -0.2) is 0 Å². The van der Waals surface area contributed by atoms with E-state index in [0.29, 0.717) is 108 Å². The maximum absolute atomic E-state index is 12.6. The zero-order valence-corrected chi connectivity index (χ0v) is 30.7. The molecule has 55 heavy (non-hydrogen) atoms. The van der Waals surface area contributed by atoms with Crippen LogP contribution in [0.2, 0.25) is 0 Å². The Morgan fingerprint density at radius 1 is 0.655 bits per heavy atom. The topological polar surface area (TPSA) is 228 Å². The second kappa shape index (κ2) is 25.1. The number of azide groups is 1. The molecule has 0 aliphatic heterocycles. The number of rotatable bonds is 27. The van der Waals surface area contributed by atoms with Gasteiger partial charge in [0.2, 0.25) is 17.8 Å². The lowest BCUT2D eigenvalue weighted by Gasteiger charge is -2.12. The summed E-state index contributed by atoms with van der Waals surface area (Å²) < 4.78 is 27.3. The van der Waals surface area contributed by atoms with Crippen LogP contribution in [0.15, 0.2) is 84.0 Å². The Kier molecular flexibility index (Phi) is 19.0. The van der Waals surface area contributed by atoms with E-state index in [-0.39, 0.29) is 24.3 Å². The smallest absolute Gasteiger partial charge is 0.251 e. The van der Waals surface area contributed by atoms with Crippen molar-refractivity contribution < 1.29 is 33.3 Å². The summed E-state index contributed by atoms with van der Waals surface area (Å²) in [5, 5.41) is 18.6. The molecular weight excluding hydrogens is 710 g/mol. The summed E-state index contributed by atoms with van der Waals surface area (Å²) in [4.78, 5) is 41.0. The number of aromatic nitrogens is 3. The molecule has 0 aliphatic carbocycles. The maximum Gasteiger partial charge on any atom is 0.251 e. The average molecular weight is 758 g/mol. The molecule has 1 aromatic heterocycles. The lowest BCUT2D eigenvalue weighted by Crippen LogP contribution is -2.27. The number of nitrogens with one attached hydrogen (secondary N) is 5. The van der Waals surface area contributed by atoms with Gasteiger partial charge < -0.3 is 50.3 Å². The fourth-order valence-corrected chi connectivity index (χ4v) is 4.68. The number of amides is 2. The van der Waals surface area contributed by atoms with Crippen LogP contribution in [-0.2, 0) is 25.5 Å². The van der Waals surface area contributed by atoms with E-state index in [1.165, 1.54) is 0 Å². The highest BCUT2D eigenvalue weighted by molar-refractivity contribution is 5.94. The number of carbonyl (C=O) groups excluding carboxylic acids is 2. The molecule has 0 spiro atoms. The lowest BCUT2D eigenvalue weighted by molar-refractivity contribution is 0.0511. The Bertz CT molecular complexity index is 1780. The summed E-state index contributed by atoms with van der Waals surface area (Å²) >= 11 is 0. The molecule has 18 heteroatoms. The van der Waals surface area contributed by atoms with E-state index in [1.54, 1.807) is 43.5 Å². The maximum atomic E-state index is 12.6. The second-order valence-corrected chi connectivity index (χ2v) is 11.4. The van der Waals surface area contributed by atoms with Crippen molar-refractivity contribution in [2.24, 2.45) is 5.11 Å². The van der Waals surface area contributed by atoms with E-state index in [1.807, 2.05) is 42.5 Å². The van der Waals surface area contributed by atoms with Crippen LogP contribution in [0.4, 0.5) is 23.5 Å². The second-order valence-electron chi connectivity index (χ2n) is 11.4. The van der Waals surface area contributed by atoms with Crippen LogP contribution in [0.1, 0.15) is 26.3 Å². The SMILES string of the molecule is COc1cccc(CNc2nc(NCCOCCOCCNC(=O)c3ccccc3)nc(Nc3ccc(C(=O)NCCOCCOCCN=[N+]=[N-])cc3)n2)c1. The first kappa shape index (κ1) is 41.7. The number of hydrogen-bond acceptors (Lipinski definition) is 14. The van der Waals surface area contributed by atoms with Crippen molar-refractivity contribution in [1.29, 1.82) is 0 Å². The highest BCUT2D eigenvalue weighted by atomic mass is 16.5. The van der Waals surface area contributed by atoms with Crippen LogP contribution < -0.4 is 31.3 Å². The summed E-state index contributed by atoms with van der Waals surface area (Å²) in [5.74, 6) is 1.33. The van der Waals surface area contributed by atoms with Gasteiger partial charge in [-0.05, 0) is 59.6 Å². The molecule has 1 heterocycles. The van der Waals surface area contributed by atoms with Crippen LogP contribution in [0.25, 0.3) is 10.4 Å². The van der Waals surface area contributed by atoms with Crippen molar-refractivity contribution in [3.63, 3.8) is 0 Å². The average Bonchev–Trinajstić information content (AvgIpc) is 3.22. The molecule has 0 aliphatic rings. The molecule has 0 radical (unpaired) electrons. The zero-order valence-electron chi connectivity index (χ0n) is 30.7. The third-order valence-corrected chi connectivity index (χ3v) is 7.40. The predicted octanol–water partition coefficient (Wildman–Crippen LogP) is 4.18. The summed E-state index contributed by atoms with van der Waals surface area (Å²) in [6, 6.07) is 23.6. The summed E-state index contributed by atoms with van der Waals surface area (Å²) in [6.07, 6.45) is 0. The molecular formula is C37H47N11O7. The van der Waals surface area contributed by atoms with Crippen molar-refractivity contribution in [3.05, 3.63) is 106 Å². The molecule has 4 rings (SSSR count). The monoisotopic (exact) mass is 757 g/mol. The molecule has 0 fully saturated rings. The van der Waals surface area contributed by atoms with E-state index in [9.17, 15) is 9.59 Å². The number of benzene rings is 3. The van der Waals surface area contributed by atoms with Crippen LogP contribution in [0.3, 0.4) is 0 Å². The minimum Gasteiger partial charge on any atom is -0.497 e. The van der Waals surface area contributed by atoms with Gasteiger partial charge in [-0.1, -0.05) is 35.4 Å². The highest BCUT2D eigenvalue weighted by Crippen LogP contribution is 2.18. The van der Waals surface area contributed by atoms with Gasteiger partial charge in [0.25, 0.3) is 11.8 Å². The van der Waals surface area contributed by atoms with Gasteiger partial charge in [0.05, 0.1) is 60.0 Å². The van der Waals surface area contributed by atoms with Gasteiger partial charge in [-0.15, -0.1) is 0 Å². The summed E-state index contributed by atoms with van der Waals surface area (Å²) in [7, 11) is 1.62. The number of nitrogens with zero attached hydrogens (tertiary/aromatic N) is 6. The molecule has 0 bridgehead atoms. The molecule has 0 saturated heterocycles. The van der Waals surface area contributed by atoms with Gasteiger partial charge >= 0.3 is 0 Å². The molecule has 5 N–H and O–H groups in total. The number of methoxy groups -OCH3 is 1. The molecule has 18 nitrogen and oxygen atoms in total. The third-order valence-electron chi connectivity index (χ3n) is 7.40. The zero-order chi connectivity index (χ0) is 38.8. The number of ether oxygens (including phenoxy) is 5. The Balaban J connectivity index is 1.21. The van der Waals surface area contributed by atoms with Gasteiger partial charge in [0.15, 0.2) is 0 Å². The minimum absolute atomic E-state index is 0.139. The van der Waals surface area contributed by atoms with Crippen molar-refractivity contribution in [1.82, 2.24) is 25.6 Å². The fourth-order valence-electron chi connectivity index (χ4n) is 4.68. The largest absolute Gasteiger partial charge is 0.497 e. The van der Waals surface area contributed by atoms with Crippen molar-refractivity contribution in [2.45, 2.75) is 6.54 Å². The predicted molar refractivity (Wildman–Crippen MR) is 207 cm³/mol. The molecule has 0 saturated carbocycles. The standard InChI is InChI=1S/C37H47N11O7/c1-51-32-9-5-6-28(26-32)27-42-36-45-35(41-16-20-54-23-22-52-18-14-39-33(49)29-7-3-2-4-8-29)46-37(47-36)44-31-12-10-30(11-13-31)34(50)40-15-19-53-24-25-55-21-17-43-48-38/h2-13,26H,14-25,27H2,1H3,(H,39,49)(H,40,50)(H3,41,42,44,45,46,47). The summed E-state index contributed by atoms with van der Waals surface area (Å²) in [6.45, 7) is 4.77.